The van der Waals surface area contributed by atoms with Gasteiger partial charge in [-0.2, -0.15) is 0 Å². The molecule has 0 bridgehead atoms. The van der Waals surface area contributed by atoms with E-state index >= 15 is 0 Å². The van der Waals surface area contributed by atoms with Gasteiger partial charge in [0.25, 0.3) is 0 Å². The fraction of sp³-hybridized carbons (Fsp3) is 0.353. The number of halogens is 1. The van der Waals surface area contributed by atoms with Crippen LogP contribution in [0.2, 0.25) is 5.02 Å². The predicted octanol–water partition coefficient (Wildman–Crippen LogP) is 4.09. The molecule has 2 aliphatic rings. The number of amides is 1. The van der Waals surface area contributed by atoms with Crippen molar-refractivity contribution in [1.82, 2.24) is 4.90 Å². The van der Waals surface area contributed by atoms with Gasteiger partial charge in [0.05, 0.1) is 0 Å². The summed E-state index contributed by atoms with van der Waals surface area (Å²) in [5.74, 6) is 0.834. The van der Waals surface area contributed by atoms with Crippen LogP contribution in [0.4, 0.5) is 0 Å². The van der Waals surface area contributed by atoms with E-state index < -0.39 is 0 Å². The molecule has 0 radical (unpaired) electrons. The highest BCUT2D eigenvalue weighted by atomic mass is 35.5. The second-order valence-electron chi connectivity index (χ2n) is 5.88. The third-order valence-corrected chi connectivity index (χ3v) is 5.76. The molecule has 2 heterocycles. The minimum absolute atomic E-state index is 0.156. The maximum absolute atomic E-state index is 12.7. The molecule has 0 N–H and O–H groups in total. The van der Waals surface area contributed by atoms with Gasteiger partial charge >= 0.3 is 0 Å². The largest absolute Gasteiger partial charge is 0.338 e. The molecule has 0 spiro atoms. The molecule has 1 fully saturated rings. The van der Waals surface area contributed by atoms with Gasteiger partial charge in [-0.15, -0.1) is 11.3 Å². The lowest BCUT2D eigenvalue weighted by atomic mass is 10.1. The Morgan fingerprint density at radius 1 is 1.33 bits per heavy atom. The van der Waals surface area contributed by atoms with E-state index in [4.69, 9.17) is 11.6 Å². The van der Waals surface area contributed by atoms with Crippen molar-refractivity contribution in [3.8, 4) is 0 Å². The second-order valence-corrected chi connectivity index (χ2v) is 7.32. The number of carbonyl (C=O) groups excluding carboxylic acids is 1. The Morgan fingerprint density at radius 3 is 3.10 bits per heavy atom. The van der Waals surface area contributed by atoms with Crippen LogP contribution in [0.25, 0.3) is 0 Å². The molecule has 1 saturated carbocycles. The van der Waals surface area contributed by atoms with Crippen molar-refractivity contribution in [2.75, 3.05) is 6.54 Å². The SMILES string of the molecule is O=C([C@H]1C[C@@H]1c1cccc(Cl)c1)N1CCc2sccc2C1. The van der Waals surface area contributed by atoms with Crippen LogP contribution in [-0.4, -0.2) is 17.4 Å². The number of carbonyl (C=O) groups is 1. The normalized spacial score (nSPS) is 23.8. The quantitative estimate of drug-likeness (QED) is 0.817. The van der Waals surface area contributed by atoms with Crippen molar-refractivity contribution in [3.63, 3.8) is 0 Å². The van der Waals surface area contributed by atoms with Gasteiger partial charge in [0.1, 0.15) is 0 Å². The molecule has 2 nitrogen and oxygen atoms in total. The van der Waals surface area contributed by atoms with Crippen LogP contribution in [0.5, 0.6) is 0 Å². The molecule has 1 aliphatic heterocycles. The minimum atomic E-state index is 0.156. The number of nitrogens with zero attached hydrogens (tertiary/aromatic N) is 1. The zero-order valence-corrected chi connectivity index (χ0v) is 13.2. The van der Waals surface area contributed by atoms with Crippen LogP contribution in [0.15, 0.2) is 35.7 Å². The summed E-state index contributed by atoms with van der Waals surface area (Å²) in [5, 5.41) is 2.89. The third-order valence-electron chi connectivity index (χ3n) is 4.50. The molecule has 108 valence electrons. The van der Waals surface area contributed by atoms with Gasteiger partial charge in [0, 0.05) is 28.9 Å². The topological polar surface area (TPSA) is 20.3 Å². The molecule has 4 rings (SSSR count). The first-order chi connectivity index (χ1) is 10.2. The molecule has 2 aromatic rings. The summed E-state index contributed by atoms with van der Waals surface area (Å²) in [7, 11) is 0. The molecule has 4 heteroatoms. The van der Waals surface area contributed by atoms with Gasteiger partial charge in [-0.05, 0) is 53.5 Å². The fourth-order valence-corrected chi connectivity index (χ4v) is 4.33. The Bertz CT molecular complexity index is 696. The Balaban J connectivity index is 1.46. The van der Waals surface area contributed by atoms with Crippen molar-refractivity contribution < 1.29 is 4.79 Å². The smallest absolute Gasteiger partial charge is 0.226 e. The molecule has 1 aliphatic carbocycles. The Hall–Kier alpha value is -1.32. The third kappa shape index (κ3) is 2.49. The van der Waals surface area contributed by atoms with Crippen molar-refractivity contribution >= 4 is 28.8 Å². The molecule has 1 aromatic carbocycles. The summed E-state index contributed by atoms with van der Waals surface area (Å²) in [6, 6.07) is 10.1. The molecule has 21 heavy (non-hydrogen) atoms. The van der Waals surface area contributed by atoms with Gasteiger partial charge in [-0.25, -0.2) is 0 Å². The molecular weight excluding hydrogens is 302 g/mol. The number of thiophene rings is 1. The maximum Gasteiger partial charge on any atom is 0.226 e. The summed E-state index contributed by atoms with van der Waals surface area (Å²) in [6.45, 7) is 1.65. The van der Waals surface area contributed by atoms with E-state index in [-0.39, 0.29) is 5.92 Å². The van der Waals surface area contributed by atoms with Crippen molar-refractivity contribution in [2.45, 2.75) is 25.3 Å². The van der Waals surface area contributed by atoms with Gasteiger partial charge in [-0.3, -0.25) is 4.79 Å². The molecular formula is C17H16ClNOS. The first-order valence-electron chi connectivity index (χ1n) is 7.32. The Kier molecular flexibility index (Phi) is 3.27. The molecule has 1 aromatic heterocycles. The Labute approximate surface area is 133 Å². The molecule has 0 unspecified atom stereocenters. The highest BCUT2D eigenvalue weighted by Crippen LogP contribution is 2.49. The van der Waals surface area contributed by atoms with E-state index in [0.29, 0.717) is 11.8 Å². The van der Waals surface area contributed by atoms with E-state index in [2.05, 4.69) is 17.5 Å². The van der Waals surface area contributed by atoms with Crippen molar-refractivity contribution in [2.24, 2.45) is 5.92 Å². The standard InChI is InChI=1S/C17H16ClNOS/c18-13-3-1-2-11(8-13)14-9-15(14)17(20)19-6-4-16-12(10-19)5-7-21-16/h1-3,5,7-8,14-15H,4,6,9-10H2/t14-,15+/m1/s1. The first kappa shape index (κ1) is 13.4. The lowest BCUT2D eigenvalue weighted by Crippen LogP contribution is -2.36. The number of fused-ring (bicyclic) bond motifs is 1. The Morgan fingerprint density at radius 2 is 2.24 bits per heavy atom. The maximum atomic E-state index is 12.7. The van der Waals surface area contributed by atoms with Crippen LogP contribution in [-0.2, 0) is 17.8 Å². The summed E-state index contributed by atoms with van der Waals surface area (Å²) in [5.41, 5.74) is 2.54. The summed E-state index contributed by atoms with van der Waals surface area (Å²) in [6.07, 6.45) is 1.97. The van der Waals surface area contributed by atoms with Crippen LogP contribution < -0.4 is 0 Å². The lowest BCUT2D eigenvalue weighted by Gasteiger charge is -2.27. The summed E-state index contributed by atoms with van der Waals surface area (Å²) >= 11 is 7.85. The van der Waals surface area contributed by atoms with E-state index in [1.54, 1.807) is 0 Å². The molecule has 2 atom stereocenters. The minimum Gasteiger partial charge on any atom is -0.338 e. The van der Waals surface area contributed by atoms with Crippen molar-refractivity contribution in [1.29, 1.82) is 0 Å². The van der Waals surface area contributed by atoms with Gasteiger partial charge in [0.15, 0.2) is 0 Å². The monoisotopic (exact) mass is 317 g/mol. The van der Waals surface area contributed by atoms with Crippen molar-refractivity contribution in [3.05, 3.63) is 56.7 Å². The molecule has 1 amide bonds. The average molecular weight is 318 g/mol. The average Bonchev–Trinajstić information content (AvgIpc) is 3.16. The van der Waals surface area contributed by atoms with Crippen LogP contribution in [0, 0.1) is 5.92 Å². The zero-order valence-electron chi connectivity index (χ0n) is 11.6. The number of benzene rings is 1. The summed E-state index contributed by atoms with van der Waals surface area (Å²) < 4.78 is 0. The van der Waals surface area contributed by atoms with Gasteiger partial charge in [0.2, 0.25) is 5.91 Å². The number of hydrogen-bond acceptors (Lipinski definition) is 2. The van der Waals surface area contributed by atoms with E-state index in [9.17, 15) is 4.79 Å². The number of rotatable bonds is 2. The second kappa shape index (κ2) is 5.15. The molecule has 0 saturated heterocycles. The van der Waals surface area contributed by atoms with E-state index in [1.165, 1.54) is 16.0 Å². The van der Waals surface area contributed by atoms with Crippen LogP contribution in [0.3, 0.4) is 0 Å². The van der Waals surface area contributed by atoms with Gasteiger partial charge in [-0.1, -0.05) is 23.7 Å². The van der Waals surface area contributed by atoms with Crippen LogP contribution >= 0.6 is 22.9 Å². The van der Waals surface area contributed by atoms with E-state index in [0.717, 1.165) is 31.0 Å². The van der Waals surface area contributed by atoms with Crippen LogP contribution in [0.1, 0.15) is 28.3 Å². The zero-order chi connectivity index (χ0) is 14.4. The van der Waals surface area contributed by atoms with E-state index in [1.807, 2.05) is 34.4 Å². The highest BCUT2D eigenvalue weighted by molar-refractivity contribution is 7.10. The fourth-order valence-electron chi connectivity index (χ4n) is 3.24. The lowest BCUT2D eigenvalue weighted by molar-refractivity contribution is -0.133. The first-order valence-corrected chi connectivity index (χ1v) is 8.57. The number of hydrogen-bond donors (Lipinski definition) is 0. The predicted molar refractivity (Wildman–Crippen MR) is 85.7 cm³/mol. The summed E-state index contributed by atoms with van der Waals surface area (Å²) in [4.78, 5) is 16.1. The van der Waals surface area contributed by atoms with Gasteiger partial charge < -0.3 is 4.90 Å². The highest BCUT2D eigenvalue weighted by Gasteiger charge is 2.46.